The van der Waals surface area contributed by atoms with Gasteiger partial charge >= 0.3 is 0 Å². The summed E-state index contributed by atoms with van der Waals surface area (Å²) in [7, 11) is 1.93. The van der Waals surface area contributed by atoms with Crippen LogP contribution in [0.25, 0.3) is 0 Å². The topological polar surface area (TPSA) is 158 Å². The summed E-state index contributed by atoms with van der Waals surface area (Å²) in [4.78, 5) is 58.9. The number of nitrogens with one attached hydrogen (secondary N) is 3. The van der Waals surface area contributed by atoms with Crippen molar-refractivity contribution >= 4 is 37.5 Å². The first-order valence-electron chi connectivity index (χ1n) is 14.4. The van der Waals surface area contributed by atoms with E-state index in [1.807, 2.05) is 43.7 Å². The number of anilines is 1. The van der Waals surface area contributed by atoms with Crippen LogP contribution in [0, 0.1) is 0 Å². The average molecular weight is 582 g/mol. The average Bonchev–Trinajstić information content (AvgIpc) is 3.15. The van der Waals surface area contributed by atoms with Crippen LogP contribution in [0.4, 0.5) is 5.82 Å². The summed E-state index contributed by atoms with van der Waals surface area (Å²) in [6, 6.07) is 4.68. The number of hydrogen-bond donors (Lipinski definition) is 4. The first-order valence-corrected chi connectivity index (χ1v) is 14.4. The molecule has 2 amide bonds. The fourth-order valence-corrected chi connectivity index (χ4v) is 3.92. The van der Waals surface area contributed by atoms with E-state index in [0.717, 1.165) is 38.0 Å². The van der Waals surface area contributed by atoms with Crippen LogP contribution in [0.15, 0.2) is 24.4 Å². The lowest BCUT2D eigenvalue weighted by molar-refractivity contribution is -0.129. The molecule has 0 bridgehead atoms. The molecule has 1 unspecified atom stereocenters. The molecule has 2 heterocycles. The van der Waals surface area contributed by atoms with Crippen LogP contribution in [0.1, 0.15) is 85.5 Å². The van der Waals surface area contributed by atoms with E-state index in [-0.39, 0.29) is 30.9 Å². The maximum absolute atomic E-state index is 12.8. The van der Waals surface area contributed by atoms with Gasteiger partial charge in [-0.25, -0.2) is 4.98 Å². The zero-order valence-electron chi connectivity index (χ0n) is 25.9. The fraction of sp³-hybridized carbons (Fsp3) is 0.667. The minimum atomic E-state index is -0.589. The lowest BCUT2D eigenvalue weighted by Gasteiger charge is -2.27. The molecule has 0 aromatic carbocycles. The maximum Gasteiger partial charge on any atom is 0.243 e. The van der Waals surface area contributed by atoms with Crippen LogP contribution in [-0.2, 0) is 24.0 Å². The molecule has 236 valence electrons. The molecule has 4 N–H and O–H groups in total. The Morgan fingerprint density at radius 3 is 2.20 bits per heavy atom. The van der Waals surface area contributed by atoms with Crippen LogP contribution >= 0.6 is 0 Å². The zero-order valence-corrected chi connectivity index (χ0v) is 25.9. The Kier molecular flexibility index (Phi) is 32.3. The molecule has 0 radical (unpaired) electrons. The van der Waals surface area contributed by atoms with Gasteiger partial charge in [0.25, 0.3) is 0 Å². The molecule has 1 aliphatic rings. The largest absolute Gasteiger partial charge is 0.397 e. The summed E-state index contributed by atoms with van der Waals surface area (Å²) in [6.45, 7) is 13.5. The number of carbonyl (C=O) groups is 5. The van der Waals surface area contributed by atoms with Gasteiger partial charge in [0, 0.05) is 18.8 Å². The second-order valence-corrected chi connectivity index (χ2v) is 9.19. The van der Waals surface area contributed by atoms with Crippen molar-refractivity contribution in [3.05, 3.63) is 24.4 Å². The Morgan fingerprint density at radius 2 is 1.68 bits per heavy atom. The predicted octanol–water partition coefficient (Wildman–Crippen LogP) is 2.84. The molecular formula is C30H55N5O6. The minimum Gasteiger partial charge on any atom is -0.397 e. The van der Waals surface area contributed by atoms with Crippen LogP contribution < -0.4 is 20.9 Å². The number of Topliss-reactive ketones (excluding diaryl/α,β-unsaturated/α-hetero) is 1. The Hall–Kier alpha value is -3.18. The van der Waals surface area contributed by atoms with Gasteiger partial charge in [-0.1, -0.05) is 58.4 Å². The molecule has 1 fully saturated rings. The van der Waals surface area contributed by atoms with E-state index in [1.165, 1.54) is 19.3 Å². The highest BCUT2D eigenvalue weighted by Crippen LogP contribution is 2.21. The molecule has 0 spiro atoms. The Labute approximate surface area is 247 Å². The second kappa shape index (κ2) is 31.3. The summed E-state index contributed by atoms with van der Waals surface area (Å²) in [5, 5.41) is 16.0. The Morgan fingerprint density at radius 1 is 1.10 bits per heavy atom. The van der Waals surface area contributed by atoms with E-state index in [1.54, 1.807) is 13.1 Å². The van der Waals surface area contributed by atoms with Crippen LogP contribution in [-0.4, -0.2) is 86.6 Å². The zero-order chi connectivity index (χ0) is 31.9. The first kappa shape index (κ1) is 42.3. The van der Waals surface area contributed by atoms with Gasteiger partial charge in [0.1, 0.15) is 25.4 Å². The summed E-state index contributed by atoms with van der Waals surface area (Å²) in [5.74, 6) is 0.476. The molecule has 0 saturated carbocycles. The lowest BCUT2D eigenvalue weighted by Crippen LogP contribution is -2.50. The fourth-order valence-electron chi connectivity index (χ4n) is 3.92. The first-order chi connectivity index (χ1) is 19.9. The number of aliphatic hydroxyl groups excluding tert-OH is 1. The molecule has 2 rings (SSSR count). The molecule has 0 aliphatic carbocycles. The van der Waals surface area contributed by atoms with E-state index in [0.29, 0.717) is 19.3 Å². The van der Waals surface area contributed by atoms with Gasteiger partial charge in [0.05, 0.1) is 12.6 Å². The van der Waals surface area contributed by atoms with Gasteiger partial charge in [0.2, 0.25) is 12.3 Å². The number of rotatable bonds is 13. The normalized spacial score (nSPS) is 16.2. The van der Waals surface area contributed by atoms with Crippen LogP contribution in [0.2, 0.25) is 0 Å². The van der Waals surface area contributed by atoms with Gasteiger partial charge in [-0.2, -0.15) is 0 Å². The molecular weight excluding hydrogens is 526 g/mol. The Balaban J connectivity index is -0.00000114. The van der Waals surface area contributed by atoms with Crippen molar-refractivity contribution in [1.29, 1.82) is 0 Å². The molecule has 1 aromatic rings. The van der Waals surface area contributed by atoms with E-state index in [2.05, 4.69) is 41.7 Å². The van der Waals surface area contributed by atoms with Crippen LogP contribution in [0.5, 0.6) is 0 Å². The van der Waals surface area contributed by atoms with Crippen molar-refractivity contribution in [2.45, 2.75) is 104 Å². The summed E-state index contributed by atoms with van der Waals surface area (Å²) >= 11 is 0. The summed E-state index contributed by atoms with van der Waals surface area (Å²) in [5.41, 5.74) is 0. The van der Waals surface area contributed by atoms with E-state index >= 15 is 0 Å². The number of aromatic nitrogens is 1. The van der Waals surface area contributed by atoms with Crippen molar-refractivity contribution in [3.8, 4) is 0 Å². The quantitative estimate of drug-likeness (QED) is 0.203. The molecule has 1 aromatic heterocycles. The minimum absolute atomic E-state index is 0.0252. The van der Waals surface area contributed by atoms with Gasteiger partial charge in [-0.15, -0.1) is 0 Å². The van der Waals surface area contributed by atoms with Gasteiger partial charge in [0.15, 0.2) is 5.78 Å². The van der Waals surface area contributed by atoms with Crippen molar-refractivity contribution in [2.24, 2.45) is 0 Å². The highest BCUT2D eigenvalue weighted by molar-refractivity contribution is 5.94. The summed E-state index contributed by atoms with van der Waals surface area (Å²) < 4.78 is 0. The third-order valence-corrected chi connectivity index (χ3v) is 6.17. The van der Waals surface area contributed by atoms with Crippen molar-refractivity contribution in [1.82, 2.24) is 20.9 Å². The molecule has 11 heteroatoms. The number of ketones is 1. The van der Waals surface area contributed by atoms with E-state index in [4.69, 9.17) is 14.7 Å². The standard InChI is InChI=1S/C23H36N4O3.C3H9N.C2H6O.2CH2O/c1-3-4-5-6-7-8-11-20(25-17-28)23(30)26-19-14-13-18(2)27(16-21(19)29)22-12-9-10-15-24-22;1-3-4-2;1-2-3;2*1-2/h9-10,12,15,17-20H,3-8,11,13-14,16H2,1-2H3,(H,25,28)(H,26,30);4H,3H2,1-2H3;3H,2H2,1H3;2*1H2/t18-,19+,20?;;;;/m1..../s1. The highest BCUT2D eigenvalue weighted by Gasteiger charge is 2.31. The molecule has 3 atom stereocenters. The molecule has 41 heavy (non-hydrogen) atoms. The number of carbonyl (C=O) groups excluding carboxylic acids is 5. The predicted molar refractivity (Wildman–Crippen MR) is 165 cm³/mol. The highest BCUT2D eigenvalue weighted by atomic mass is 16.2. The number of amides is 2. The molecule has 1 saturated heterocycles. The maximum atomic E-state index is 12.8. The van der Waals surface area contributed by atoms with E-state index < -0.39 is 12.1 Å². The molecule has 1 aliphatic heterocycles. The van der Waals surface area contributed by atoms with Gasteiger partial charge in [-0.05, 0) is 58.8 Å². The number of aliphatic hydroxyl groups is 1. The monoisotopic (exact) mass is 581 g/mol. The van der Waals surface area contributed by atoms with Crippen molar-refractivity contribution in [3.63, 3.8) is 0 Å². The second-order valence-electron chi connectivity index (χ2n) is 9.19. The summed E-state index contributed by atoms with van der Waals surface area (Å²) in [6.07, 6.45) is 10.9. The number of pyridine rings is 1. The van der Waals surface area contributed by atoms with Gasteiger partial charge < -0.3 is 35.5 Å². The van der Waals surface area contributed by atoms with Crippen LogP contribution in [0.3, 0.4) is 0 Å². The number of unbranched alkanes of at least 4 members (excludes halogenated alkanes) is 5. The van der Waals surface area contributed by atoms with E-state index in [9.17, 15) is 14.4 Å². The third-order valence-electron chi connectivity index (χ3n) is 6.17. The van der Waals surface area contributed by atoms with Gasteiger partial charge in [-0.3, -0.25) is 14.4 Å². The Bertz CT molecular complexity index is 752. The molecule has 11 nitrogen and oxygen atoms in total. The SMILES string of the molecule is C=O.C=O.CCCCCCCCC(NC=O)C(=O)N[C@H]1CC[C@@H](C)N(c2ccccn2)CC1=O.CCNC.CCO. The third kappa shape index (κ3) is 21.3. The lowest BCUT2D eigenvalue weighted by atomic mass is 10.0. The van der Waals surface area contributed by atoms with Crippen molar-refractivity contribution < 1.29 is 29.1 Å². The van der Waals surface area contributed by atoms with Crippen molar-refractivity contribution in [2.75, 3.05) is 31.6 Å². The number of nitrogens with zero attached hydrogens (tertiary/aromatic N) is 2. The smallest absolute Gasteiger partial charge is 0.243 e. The number of hydrogen-bond acceptors (Lipinski definition) is 9.